The second-order valence-corrected chi connectivity index (χ2v) is 5.38. The van der Waals surface area contributed by atoms with Gasteiger partial charge in [0.15, 0.2) is 0 Å². The fourth-order valence-corrected chi connectivity index (χ4v) is 2.55. The molecule has 2 rings (SSSR count). The first kappa shape index (κ1) is 13.1. The van der Waals surface area contributed by atoms with Crippen LogP contribution in [-0.4, -0.2) is 6.29 Å². The highest BCUT2D eigenvalue weighted by atomic mass is 35.5. The van der Waals surface area contributed by atoms with Crippen molar-refractivity contribution >= 4 is 17.9 Å². The predicted octanol–water partition coefficient (Wildman–Crippen LogP) is 4.68. The maximum Gasteiger partial charge on any atom is 0.127 e. The molecule has 0 saturated heterocycles. The molecule has 0 fully saturated rings. The van der Waals surface area contributed by atoms with Gasteiger partial charge in [0.05, 0.1) is 0 Å². The average molecular weight is 261 g/mol. The molecule has 0 aromatic heterocycles. The highest BCUT2D eigenvalue weighted by molar-refractivity contribution is 6.30. The quantitative estimate of drug-likeness (QED) is 0.719. The van der Waals surface area contributed by atoms with Gasteiger partial charge in [0, 0.05) is 10.9 Å². The van der Waals surface area contributed by atoms with E-state index >= 15 is 0 Å². The number of allylic oxidation sites excluding steroid dienone is 4. The molecule has 0 aliphatic heterocycles. The molecule has 0 spiro atoms. The van der Waals surface area contributed by atoms with Crippen molar-refractivity contribution in [1.82, 2.24) is 0 Å². The Labute approximate surface area is 113 Å². The third-order valence-electron chi connectivity index (χ3n) is 3.51. The van der Waals surface area contributed by atoms with Crippen LogP contribution in [0.4, 0.5) is 0 Å². The van der Waals surface area contributed by atoms with Crippen molar-refractivity contribution in [2.45, 2.75) is 32.6 Å². The predicted molar refractivity (Wildman–Crippen MR) is 75.9 cm³/mol. The van der Waals surface area contributed by atoms with Crippen LogP contribution in [0.3, 0.4) is 0 Å². The number of halogens is 1. The Hall–Kier alpha value is -1.34. The van der Waals surface area contributed by atoms with Crippen molar-refractivity contribution in [1.29, 1.82) is 0 Å². The van der Waals surface area contributed by atoms with Crippen molar-refractivity contribution in [3.8, 4) is 0 Å². The fraction of sp³-hybridized carbons (Fsp3) is 0.312. The standard InChI is InChI=1S/C16H17ClO/c1-11-6-13(7-12(11)2)8-15(10-18)14-4-3-5-16(17)9-14/h3-6,9-10,15H,7-8H2,1-2H3. The zero-order valence-electron chi connectivity index (χ0n) is 10.7. The van der Waals surface area contributed by atoms with Gasteiger partial charge < -0.3 is 4.79 Å². The lowest BCUT2D eigenvalue weighted by atomic mass is 9.92. The molecule has 0 N–H and O–H groups in total. The lowest BCUT2D eigenvalue weighted by Crippen LogP contribution is -2.01. The zero-order chi connectivity index (χ0) is 13.1. The number of rotatable bonds is 4. The molecule has 94 valence electrons. The molecule has 1 aliphatic rings. The minimum atomic E-state index is -0.0892. The van der Waals surface area contributed by atoms with Gasteiger partial charge in [-0.2, -0.15) is 0 Å². The molecule has 1 aromatic carbocycles. The number of carbonyl (C=O) groups excluding carboxylic acids is 1. The van der Waals surface area contributed by atoms with Gasteiger partial charge in [0.1, 0.15) is 6.29 Å². The minimum Gasteiger partial charge on any atom is -0.303 e. The lowest BCUT2D eigenvalue weighted by Gasteiger charge is -2.12. The molecule has 2 heteroatoms. The number of hydrogen-bond donors (Lipinski definition) is 0. The van der Waals surface area contributed by atoms with Crippen LogP contribution in [0.5, 0.6) is 0 Å². The van der Waals surface area contributed by atoms with E-state index in [0.29, 0.717) is 5.02 Å². The summed E-state index contributed by atoms with van der Waals surface area (Å²) >= 11 is 5.97. The van der Waals surface area contributed by atoms with Crippen LogP contribution >= 0.6 is 11.6 Å². The van der Waals surface area contributed by atoms with Crippen molar-refractivity contribution in [2.75, 3.05) is 0 Å². The average Bonchev–Trinajstić information content (AvgIpc) is 2.65. The molecule has 18 heavy (non-hydrogen) atoms. The molecule has 0 radical (unpaired) electrons. The Balaban J connectivity index is 2.12. The topological polar surface area (TPSA) is 17.1 Å². The molecule has 0 saturated carbocycles. The number of carbonyl (C=O) groups is 1. The SMILES string of the molecule is CC1=C(C)CC(CC(C=O)c2cccc(Cl)c2)=C1. The molecule has 1 unspecified atom stereocenters. The highest BCUT2D eigenvalue weighted by Crippen LogP contribution is 2.32. The summed E-state index contributed by atoms with van der Waals surface area (Å²) in [6, 6.07) is 7.57. The van der Waals surface area contributed by atoms with Crippen molar-refractivity contribution in [2.24, 2.45) is 0 Å². The Bertz CT molecular complexity index is 526. The maximum atomic E-state index is 11.3. The molecule has 1 aromatic rings. The normalized spacial score (nSPS) is 16.7. The van der Waals surface area contributed by atoms with Crippen molar-refractivity contribution in [3.05, 3.63) is 57.6 Å². The van der Waals surface area contributed by atoms with Crippen LogP contribution in [0.15, 0.2) is 47.1 Å². The van der Waals surface area contributed by atoms with E-state index in [1.165, 1.54) is 16.7 Å². The number of aldehydes is 1. The molecule has 0 amide bonds. The highest BCUT2D eigenvalue weighted by Gasteiger charge is 2.16. The van der Waals surface area contributed by atoms with Crippen LogP contribution in [-0.2, 0) is 4.79 Å². The van der Waals surface area contributed by atoms with Crippen LogP contribution in [0.25, 0.3) is 0 Å². The lowest BCUT2D eigenvalue weighted by molar-refractivity contribution is -0.109. The van der Waals surface area contributed by atoms with E-state index in [9.17, 15) is 4.79 Å². The smallest absolute Gasteiger partial charge is 0.127 e. The van der Waals surface area contributed by atoms with E-state index in [2.05, 4.69) is 19.9 Å². The first-order valence-electron chi connectivity index (χ1n) is 6.16. The maximum absolute atomic E-state index is 11.3. The first-order chi connectivity index (χ1) is 8.60. The van der Waals surface area contributed by atoms with Gasteiger partial charge in [-0.15, -0.1) is 0 Å². The summed E-state index contributed by atoms with van der Waals surface area (Å²) in [6.45, 7) is 4.27. The Morgan fingerprint density at radius 2 is 2.17 bits per heavy atom. The molecule has 0 bridgehead atoms. The summed E-state index contributed by atoms with van der Waals surface area (Å²) in [5, 5.41) is 0.685. The van der Waals surface area contributed by atoms with Gasteiger partial charge in [-0.25, -0.2) is 0 Å². The number of hydrogen-bond acceptors (Lipinski definition) is 1. The van der Waals surface area contributed by atoms with E-state index in [1.807, 2.05) is 24.3 Å². The van der Waals surface area contributed by atoms with Crippen LogP contribution < -0.4 is 0 Å². The molecular formula is C16H17ClO. The van der Waals surface area contributed by atoms with Gasteiger partial charge in [-0.05, 0) is 44.4 Å². The van der Waals surface area contributed by atoms with Gasteiger partial charge in [0.25, 0.3) is 0 Å². The Morgan fingerprint density at radius 1 is 1.39 bits per heavy atom. The van der Waals surface area contributed by atoms with Gasteiger partial charge >= 0.3 is 0 Å². The van der Waals surface area contributed by atoms with E-state index in [1.54, 1.807) is 0 Å². The van der Waals surface area contributed by atoms with E-state index < -0.39 is 0 Å². The van der Waals surface area contributed by atoms with Crippen LogP contribution in [0.1, 0.15) is 38.2 Å². The second-order valence-electron chi connectivity index (χ2n) is 4.94. The molecule has 1 atom stereocenters. The molecule has 1 aliphatic carbocycles. The number of benzene rings is 1. The summed E-state index contributed by atoms with van der Waals surface area (Å²) in [7, 11) is 0. The molecular weight excluding hydrogens is 244 g/mol. The third kappa shape index (κ3) is 2.91. The summed E-state index contributed by atoms with van der Waals surface area (Å²) in [5.41, 5.74) is 5.07. The van der Waals surface area contributed by atoms with E-state index in [4.69, 9.17) is 11.6 Å². The van der Waals surface area contributed by atoms with Crippen LogP contribution in [0, 0.1) is 0 Å². The molecule has 1 nitrogen and oxygen atoms in total. The van der Waals surface area contributed by atoms with Crippen molar-refractivity contribution < 1.29 is 4.79 Å². The molecule has 0 heterocycles. The first-order valence-corrected chi connectivity index (χ1v) is 6.54. The largest absolute Gasteiger partial charge is 0.303 e. The van der Waals surface area contributed by atoms with Crippen LogP contribution in [0.2, 0.25) is 5.02 Å². The Morgan fingerprint density at radius 3 is 2.72 bits per heavy atom. The van der Waals surface area contributed by atoms with E-state index in [0.717, 1.165) is 24.7 Å². The van der Waals surface area contributed by atoms with Gasteiger partial charge in [0.2, 0.25) is 0 Å². The zero-order valence-corrected chi connectivity index (χ0v) is 11.5. The summed E-state index contributed by atoms with van der Waals surface area (Å²) < 4.78 is 0. The summed E-state index contributed by atoms with van der Waals surface area (Å²) in [4.78, 5) is 11.3. The van der Waals surface area contributed by atoms with E-state index in [-0.39, 0.29) is 5.92 Å². The second kappa shape index (κ2) is 5.53. The summed E-state index contributed by atoms with van der Waals surface area (Å²) in [6.07, 6.45) is 5.02. The summed E-state index contributed by atoms with van der Waals surface area (Å²) in [5.74, 6) is -0.0892. The fourth-order valence-electron chi connectivity index (χ4n) is 2.36. The third-order valence-corrected chi connectivity index (χ3v) is 3.74. The monoisotopic (exact) mass is 260 g/mol. The van der Waals surface area contributed by atoms with Crippen molar-refractivity contribution in [3.63, 3.8) is 0 Å². The van der Waals surface area contributed by atoms with Gasteiger partial charge in [-0.1, -0.05) is 46.5 Å². The Kier molecular flexibility index (Phi) is 4.03. The minimum absolute atomic E-state index is 0.0892. The van der Waals surface area contributed by atoms with Gasteiger partial charge in [-0.3, -0.25) is 0 Å².